The van der Waals surface area contributed by atoms with Crippen LogP contribution in [0.5, 0.6) is 5.75 Å². The highest BCUT2D eigenvalue weighted by molar-refractivity contribution is 5.96. The Morgan fingerprint density at radius 3 is 1.38 bits per heavy atom. The zero-order valence-electron chi connectivity index (χ0n) is 51.3. The Kier molecular flexibility index (Phi) is 30.1. The summed E-state index contributed by atoms with van der Waals surface area (Å²) in [4.78, 5) is 146. The number of phenolic OH excluding ortho intramolecular Hbond substituents is 1. The minimum Gasteiger partial charge on any atom is -0.508 e. The summed E-state index contributed by atoms with van der Waals surface area (Å²) in [7, 11) is 0. The van der Waals surface area contributed by atoms with Gasteiger partial charge in [0.15, 0.2) is 0 Å². The molecule has 0 heterocycles. The highest BCUT2D eigenvalue weighted by atomic mass is 16.6. The van der Waals surface area contributed by atoms with Crippen LogP contribution in [0.25, 0.3) is 0 Å². The van der Waals surface area contributed by atoms with Crippen LogP contribution in [0.4, 0.5) is 9.59 Å². The van der Waals surface area contributed by atoms with Crippen molar-refractivity contribution in [3.63, 3.8) is 0 Å². The van der Waals surface area contributed by atoms with Gasteiger partial charge in [0.25, 0.3) is 0 Å². The first-order valence-electron chi connectivity index (χ1n) is 29.4. The van der Waals surface area contributed by atoms with Crippen LogP contribution in [0.15, 0.2) is 115 Å². The Hall–Kier alpha value is -9.55. The number of amides is 9. The fourth-order valence-electron chi connectivity index (χ4n) is 8.51. The van der Waals surface area contributed by atoms with E-state index in [1.54, 1.807) is 139 Å². The van der Waals surface area contributed by atoms with Gasteiger partial charge in [0.2, 0.25) is 41.4 Å². The van der Waals surface area contributed by atoms with Gasteiger partial charge in [-0.15, -0.1) is 0 Å². The van der Waals surface area contributed by atoms with E-state index in [1.807, 2.05) is 6.07 Å². The Morgan fingerprint density at radius 2 is 0.865 bits per heavy atom. The summed E-state index contributed by atoms with van der Waals surface area (Å²) in [5, 5.41) is 30.6. The molecule has 0 fully saturated rings. The topological polar surface area (TPSA) is 367 Å². The largest absolute Gasteiger partial charge is 0.508 e. The van der Waals surface area contributed by atoms with Crippen LogP contribution in [0.3, 0.4) is 0 Å². The molecule has 0 saturated carbocycles. The van der Waals surface area contributed by atoms with Crippen LogP contribution in [0.2, 0.25) is 0 Å². The molecule has 0 unspecified atom stereocenters. The third-order valence-electron chi connectivity index (χ3n) is 12.9. The Morgan fingerprint density at radius 1 is 0.438 bits per heavy atom. The summed E-state index contributed by atoms with van der Waals surface area (Å²) >= 11 is 0. The Balaban J connectivity index is 1.31. The number of rotatable bonds is 35. The number of alkyl carbamates (subject to hydrolysis) is 2. The smallest absolute Gasteiger partial charge is 0.408 e. The standard InChI is InChI=1S/C64H85N9O16/c1-63(2,3)88-54(77)38-51(60(83)70-49(56(65)79)36-42-20-10-7-11-21-42)71-58(81)48(72-61(84)87-41-45-24-14-9-15-25-45)27-19-35-67-53(76)29-17-16-28-52(75)66-34-18-26-47(57(80)68-39-55(78)86-40-44-22-12-8-13-23-44)69-59(82)50(73-62(85)89-64(4,5)6)37-43-30-32-46(74)33-31-43/h7-15,20-25,30-33,47-51,74H,16-19,26-29,34-41H2,1-6H3,(H2,65,79)(H,66,75)(H,67,76)(H,68,80)(H,69,82)(H,70,83)(H,71,81)(H,72,84)(H,73,85)/t47-,48-,49-,50-,51-/m0/s1. The quantitative estimate of drug-likeness (QED) is 0.0175. The third-order valence-corrected chi connectivity index (χ3v) is 12.9. The molecule has 0 aliphatic carbocycles. The van der Waals surface area contributed by atoms with Gasteiger partial charge in [-0.05, 0) is 114 Å². The number of ether oxygens (including phenoxy) is 4. The van der Waals surface area contributed by atoms with Crippen molar-refractivity contribution in [3.05, 3.63) is 138 Å². The normalized spacial score (nSPS) is 12.8. The number of carbonyl (C=O) groups is 11. The second-order valence-electron chi connectivity index (χ2n) is 22.9. The fourth-order valence-corrected chi connectivity index (χ4v) is 8.51. The van der Waals surface area contributed by atoms with Crippen molar-refractivity contribution < 1.29 is 76.8 Å². The maximum atomic E-state index is 14.0. The van der Waals surface area contributed by atoms with Gasteiger partial charge in [-0.1, -0.05) is 103 Å². The average Bonchev–Trinajstić information content (AvgIpc) is 3.48. The summed E-state index contributed by atoms with van der Waals surface area (Å²) in [6, 6.07) is 25.7. The van der Waals surface area contributed by atoms with Crippen molar-refractivity contribution >= 4 is 65.5 Å². The molecule has 89 heavy (non-hydrogen) atoms. The van der Waals surface area contributed by atoms with Gasteiger partial charge in [-0.25, -0.2) is 9.59 Å². The van der Waals surface area contributed by atoms with Gasteiger partial charge in [0.05, 0.1) is 6.42 Å². The number of phenols is 1. The fraction of sp³-hybridized carbons (Fsp3) is 0.453. The van der Waals surface area contributed by atoms with Gasteiger partial charge < -0.3 is 72.3 Å². The number of hydrogen-bond donors (Lipinski definition) is 10. The van der Waals surface area contributed by atoms with Crippen LogP contribution in [0.1, 0.15) is 122 Å². The van der Waals surface area contributed by atoms with E-state index in [0.717, 1.165) is 5.56 Å². The minimum absolute atomic E-state index is 0.0114. The third kappa shape index (κ3) is 30.6. The number of nitrogens with one attached hydrogen (secondary N) is 8. The van der Waals surface area contributed by atoms with Crippen molar-refractivity contribution in [2.24, 2.45) is 5.73 Å². The number of primary amides is 1. The highest BCUT2D eigenvalue weighted by Crippen LogP contribution is 2.15. The molecule has 11 N–H and O–H groups in total. The molecular weight excluding hydrogens is 1150 g/mol. The summed E-state index contributed by atoms with van der Waals surface area (Å²) in [6.07, 6.45) is -1.65. The molecule has 5 atom stereocenters. The first-order valence-corrected chi connectivity index (χ1v) is 29.4. The van der Waals surface area contributed by atoms with E-state index in [1.165, 1.54) is 12.1 Å². The maximum Gasteiger partial charge on any atom is 0.408 e. The number of carbonyl (C=O) groups excluding carboxylic acids is 11. The zero-order valence-corrected chi connectivity index (χ0v) is 51.3. The summed E-state index contributed by atoms with van der Waals surface area (Å²) in [5.41, 5.74) is 6.43. The molecule has 4 aromatic rings. The van der Waals surface area contributed by atoms with E-state index in [-0.39, 0.29) is 95.2 Å². The second kappa shape index (κ2) is 37.2. The van der Waals surface area contributed by atoms with E-state index in [0.29, 0.717) is 29.5 Å². The number of unbranched alkanes of at least 4 members (excludes halogenated alkanes) is 1. The predicted octanol–water partition coefficient (Wildman–Crippen LogP) is 4.25. The van der Waals surface area contributed by atoms with E-state index < -0.39 is 108 Å². The molecule has 0 aliphatic heterocycles. The Bertz CT molecular complexity index is 2960. The van der Waals surface area contributed by atoms with Crippen molar-refractivity contribution in [2.45, 2.75) is 167 Å². The van der Waals surface area contributed by atoms with Crippen molar-refractivity contribution in [1.82, 2.24) is 42.5 Å². The first-order chi connectivity index (χ1) is 42.2. The summed E-state index contributed by atoms with van der Waals surface area (Å²) in [6.45, 7) is 9.24. The average molecular weight is 1240 g/mol. The molecule has 0 saturated heterocycles. The number of aromatic hydroxyl groups is 1. The van der Waals surface area contributed by atoms with Gasteiger partial charge in [0.1, 0.15) is 66.9 Å². The minimum atomic E-state index is -1.59. The molecule has 9 amide bonds. The maximum absolute atomic E-state index is 14.0. The van der Waals surface area contributed by atoms with Crippen molar-refractivity contribution in [3.8, 4) is 5.75 Å². The molecule has 4 rings (SSSR count). The van der Waals surface area contributed by atoms with Crippen LogP contribution < -0.4 is 48.3 Å². The number of nitrogens with two attached hydrogens (primary N) is 1. The summed E-state index contributed by atoms with van der Waals surface area (Å²) in [5.74, 6) is -6.48. The van der Waals surface area contributed by atoms with Crippen LogP contribution in [-0.4, -0.2) is 132 Å². The molecule has 0 spiro atoms. The molecule has 0 aliphatic rings. The predicted molar refractivity (Wildman–Crippen MR) is 326 cm³/mol. The van der Waals surface area contributed by atoms with Gasteiger partial charge >= 0.3 is 24.1 Å². The zero-order chi connectivity index (χ0) is 65.4. The molecular formula is C64H85N9O16. The van der Waals surface area contributed by atoms with Crippen molar-refractivity contribution in [1.29, 1.82) is 0 Å². The van der Waals surface area contributed by atoms with Crippen LogP contribution in [-0.2, 0) is 88.2 Å². The van der Waals surface area contributed by atoms with E-state index in [9.17, 15) is 57.8 Å². The lowest BCUT2D eigenvalue weighted by Crippen LogP contribution is -2.57. The van der Waals surface area contributed by atoms with Gasteiger partial charge in [-0.2, -0.15) is 0 Å². The molecule has 4 aromatic carbocycles. The lowest BCUT2D eigenvalue weighted by atomic mass is 10.0. The van der Waals surface area contributed by atoms with E-state index in [2.05, 4.69) is 42.5 Å². The molecule has 25 nitrogen and oxygen atoms in total. The number of esters is 2. The molecule has 25 heteroatoms. The molecule has 0 bridgehead atoms. The molecule has 0 radical (unpaired) electrons. The summed E-state index contributed by atoms with van der Waals surface area (Å²) < 4.78 is 21.5. The van der Waals surface area contributed by atoms with Crippen LogP contribution >= 0.6 is 0 Å². The number of benzene rings is 4. The molecule has 482 valence electrons. The second-order valence-corrected chi connectivity index (χ2v) is 22.9. The number of hydrogen-bond acceptors (Lipinski definition) is 16. The van der Waals surface area contributed by atoms with Crippen LogP contribution in [0, 0.1) is 0 Å². The lowest BCUT2D eigenvalue weighted by Gasteiger charge is -2.26. The Labute approximate surface area is 518 Å². The van der Waals surface area contributed by atoms with E-state index in [4.69, 9.17) is 24.7 Å². The van der Waals surface area contributed by atoms with Crippen molar-refractivity contribution in [2.75, 3.05) is 19.6 Å². The first kappa shape index (κ1) is 71.9. The van der Waals surface area contributed by atoms with E-state index >= 15 is 0 Å². The van der Waals surface area contributed by atoms with Gasteiger partial charge in [-0.3, -0.25) is 43.2 Å². The monoisotopic (exact) mass is 1240 g/mol. The van der Waals surface area contributed by atoms with Gasteiger partial charge in [0, 0.05) is 38.8 Å². The lowest BCUT2D eigenvalue weighted by molar-refractivity contribution is -0.156. The highest BCUT2D eigenvalue weighted by Gasteiger charge is 2.33. The SMILES string of the molecule is CC(C)(C)OC(=O)C[C@H](NC(=O)[C@H](CCCNC(=O)CCCCC(=O)NCCC[C@H](NC(=O)[C@H](Cc1ccc(O)cc1)NC(=O)OC(C)(C)C)C(=O)NCC(=O)OCc1ccccc1)NC(=O)OCc1ccccc1)C(=O)N[C@@H](Cc1ccccc1)C(N)=O. The molecule has 0 aromatic heterocycles.